The van der Waals surface area contributed by atoms with Gasteiger partial charge >= 0.3 is 0 Å². The van der Waals surface area contributed by atoms with Gasteiger partial charge in [0.05, 0.1) is 6.10 Å². The van der Waals surface area contributed by atoms with E-state index in [1.165, 1.54) is 51.4 Å². The van der Waals surface area contributed by atoms with Crippen LogP contribution in [-0.2, 0) is 4.74 Å². The van der Waals surface area contributed by atoms with E-state index in [9.17, 15) is 0 Å². The summed E-state index contributed by atoms with van der Waals surface area (Å²) in [5, 5.41) is 0. The summed E-state index contributed by atoms with van der Waals surface area (Å²) >= 11 is 0. The number of ether oxygens (including phenoxy) is 1. The summed E-state index contributed by atoms with van der Waals surface area (Å²) in [5.74, 6) is 3.06. The van der Waals surface area contributed by atoms with Crippen molar-refractivity contribution in [2.24, 2.45) is 29.4 Å². The quantitative estimate of drug-likeness (QED) is 0.812. The minimum atomic E-state index is 0.253. The fourth-order valence-corrected chi connectivity index (χ4v) is 4.81. The summed E-state index contributed by atoms with van der Waals surface area (Å²) in [4.78, 5) is 0. The molecule has 4 unspecified atom stereocenters. The van der Waals surface area contributed by atoms with Gasteiger partial charge in [0.1, 0.15) is 0 Å². The van der Waals surface area contributed by atoms with Gasteiger partial charge in [-0.15, -0.1) is 0 Å². The molecule has 2 nitrogen and oxygen atoms in total. The Hall–Kier alpha value is -0.0800. The van der Waals surface area contributed by atoms with Gasteiger partial charge < -0.3 is 10.5 Å². The molecule has 0 spiro atoms. The molecule has 0 aromatic rings. The van der Waals surface area contributed by atoms with Crippen LogP contribution in [0.15, 0.2) is 0 Å². The van der Waals surface area contributed by atoms with Crippen molar-refractivity contribution < 1.29 is 4.74 Å². The molecule has 2 N–H and O–H groups in total. The second-order valence-corrected chi connectivity index (χ2v) is 7.57. The first-order valence-corrected chi connectivity index (χ1v) is 8.99. The van der Waals surface area contributed by atoms with Crippen LogP contribution in [0.2, 0.25) is 0 Å². The number of hydrogen-bond acceptors (Lipinski definition) is 2. The van der Waals surface area contributed by atoms with Crippen molar-refractivity contribution in [2.45, 2.75) is 84.3 Å². The Labute approximate surface area is 125 Å². The van der Waals surface area contributed by atoms with E-state index in [2.05, 4.69) is 20.8 Å². The van der Waals surface area contributed by atoms with E-state index >= 15 is 0 Å². The minimum absolute atomic E-state index is 0.253. The van der Waals surface area contributed by atoms with Crippen LogP contribution in [0.25, 0.3) is 0 Å². The highest BCUT2D eigenvalue weighted by atomic mass is 16.5. The maximum absolute atomic E-state index is 6.71. The zero-order valence-corrected chi connectivity index (χ0v) is 13.8. The molecule has 4 atom stereocenters. The van der Waals surface area contributed by atoms with Gasteiger partial charge in [-0.05, 0) is 62.7 Å². The molecule has 0 amide bonds. The van der Waals surface area contributed by atoms with Crippen LogP contribution in [0.3, 0.4) is 0 Å². The lowest BCUT2D eigenvalue weighted by Gasteiger charge is -2.41. The molecule has 0 aromatic heterocycles. The molecule has 0 radical (unpaired) electrons. The van der Waals surface area contributed by atoms with Crippen LogP contribution in [0, 0.1) is 23.7 Å². The number of rotatable bonds is 5. The van der Waals surface area contributed by atoms with Crippen LogP contribution in [0.1, 0.15) is 72.1 Å². The first kappa shape index (κ1) is 16.3. The highest BCUT2D eigenvalue weighted by Crippen LogP contribution is 2.38. The molecule has 2 rings (SSSR count). The van der Waals surface area contributed by atoms with E-state index in [4.69, 9.17) is 10.5 Å². The van der Waals surface area contributed by atoms with E-state index in [1.807, 2.05) is 0 Å². The summed E-state index contributed by atoms with van der Waals surface area (Å²) in [6, 6.07) is 0.253. The third-order valence-electron chi connectivity index (χ3n) is 5.61. The van der Waals surface area contributed by atoms with Crippen LogP contribution in [0.5, 0.6) is 0 Å². The summed E-state index contributed by atoms with van der Waals surface area (Å²) in [6.45, 7) is 7.72. The summed E-state index contributed by atoms with van der Waals surface area (Å²) in [5.41, 5.74) is 6.71. The van der Waals surface area contributed by atoms with Gasteiger partial charge in [0, 0.05) is 12.6 Å². The third kappa shape index (κ3) is 4.21. The predicted molar refractivity (Wildman–Crippen MR) is 85.6 cm³/mol. The van der Waals surface area contributed by atoms with Gasteiger partial charge in [0.2, 0.25) is 0 Å². The van der Waals surface area contributed by atoms with Gasteiger partial charge in [0.15, 0.2) is 0 Å². The van der Waals surface area contributed by atoms with E-state index in [1.54, 1.807) is 0 Å². The zero-order chi connectivity index (χ0) is 14.5. The topological polar surface area (TPSA) is 35.2 Å². The lowest BCUT2D eigenvalue weighted by Crippen LogP contribution is -2.49. The van der Waals surface area contributed by atoms with Crippen molar-refractivity contribution in [2.75, 3.05) is 6.61 Å². The molecule has 0 heterocycles. The maximum Gasteiger partial charge on any atom is 0.0756 e. The molecule has 2 aliphatic carbocycles. The molecular weight excluding hydrogens is 246 g/mol. The van der Waals surface area contributed by atoms with Crippen molar-refractivity contribution in [1.82, 2.24) is 0 Å². The maximum atomic E-state index is 6.71. The molecule has 0 saturated heterocycles. The normalized spacial score (nSPS) is 35.7. The molecular formula is C18H35NO. The van der Waals surface area contributed by atoms with Crippen LogP contribution < -0.4 is 5.73 Å². The standard InChI is InChI=1S/C18H35NO/c1-4-20-18(15-8-6-5-7-9-15)17(19)16-11-13(2)10-14(3)12-16/h13-18H,4-12,19H2,1-3H3. The van der Waals surface area contributed by atoms with Gasteiger partial charge in [0.25, 0.3) is 0 Å². The summed E-state index contributed by atoms with van der Waals surface area (Å²) in [7, 11) is 0. The second kappa shape index (κ2) is 7.79. The smallest absolute Gasteiger partial charge is 0.0756 e. The fourth-order valence-electron chi connectivity index (χ4n) is 4.81. The van der Waals surface area contributed by atoms with E-state index in [-0.39, 0.29) is 6.04 Å². The van der Waals surface area contributed by atoms with Crippen molar-refractivity contribution in [3.05, 3.63) is 0 Å². The molecule has 0 aromatic carbocycles. The Morgan fingerprint density at radius 1 is 0.950 bits per heavy atom. The summed E-state index contributed by atoms with van der Waals surface area (Å²) < 4.78 is 6.14. The Kier molecular flexibility index (Phi) is 6.35. The van der Waals surface area contributed by atoms with E-state index in [0.29, 0.717) is 17.9 Å². The first-order valence-electron chi connectivity index (χ1n) is 8.99. The van der Waals surface area contributed by atoms with Crippen LogP contribution in [0.4, 0.5) is 0 Å². The first-order chi connectivity index (χ1) is 9.61. The summed E-state index contributed by atoms with van der Waals surface area (Å²) in [6.07, 6.45) is 11.1. The van der Waals surface area contributed by atoms with Crippen LogP contribution in [-0.4, -0.2) is 18.8 Å². The number of nitrogens with two attached hydrogens (primary N) is 1. The van der Waals surface area contributed by atoms with E-state index < -0.39 is 0 Å². The molecule has 2 saturated carbocycles. The van der Waals surface area contributed by atoms with Crippen molar-refractivity contribution in [3.8, 4) is 0 Å². The van der Waals surface area contributed by atoms with Gasteiger partial charge in [-0.2, -0.15) is 0 Å². The monoisotopic (exact) mass is 281 g/mol. The lowest BCUT2D eigenvalue weighted by molar-refractivity contribution is -0.0301. The molecule has 0 bridgehead atoms. The molecule has 2 fully saturated rings. The zero-order valence-electron chi connectivity index (χ0n) is 13.8. The van der Waals surface area contributed by atoms with Crippen molar-refractivity contribution in [1.29, 1.82) is 0 Å². The van der Waals surface area contributed by atoms with Gasteiger partial charge in [-0.3, -0.25) is 0 Å². The van der Waals surface area contributed by atoms with Crippen molar-refractivity contribution in [3.63, 3.8) is 0 Å². The average molecular weight is 281 g/mol. The molecule has 0 aliphatic heterocycles. The molecule has 2 aliphatic rings. The average Bonchev–Trinajstić information content (AvgIpc) is 2.44. The van der Waals surface area contributed by atoms with E-state index in [0.717, 1.165) is 18.4 Å². The highest BCUT2D eigenvalue weighted by molar-refractivity contribution is 4.90. The Bertz CT molecular complexity index is 265. The minimum Gasteiger partial charge on any atom is -0.377 e. The number of hydrogen-bond donors (Lipinski definition) is 1. The van der Waals surface area contributed by atoms with Gasteiger partial charge in [-0.25, -0.2) is 0 Å². The Morgan fingerprint density at radius 3 is 2.10 bits per heavy atom. The fraction of sp³-hybridized carbons (Fsp3) is 1.00. The predicted octanol–water partition coefficient (Wildman–Crippen LogP) is 4.37. The third-order valence-corrected chi connectivity index (χ3v) is 5.61. The largest absolute Gasteiger partial charge is 0.377 e. The SMILES string of the molecule is CCOC(C1CCCCC1)C(N)C1CC(C)CC(C)C1. The second-order valence-electron chi connectivity index (χ2n) is 7.57. The molecule has 118 valence electrons. The Balaban J connectivity index is 1.99. The molecule has 2 heteroatoms. The van der Waals surface area contributed by atoms with Gasteiger partial charge in [-0.1, -0.05) is 33.1 Å². The highest BCUT2D eigenvalue weighted by Gasteiger charge is 2.36. The lowest BCUT2D eigenvalue weighted by atomic mass is 9.70. The van der Waals surface area contributed by atoms with Crippen LogP contribution >= 0.6 is 0 Å². The van der Waals surface area contributed by atoms with Crippen molar-refractivity contribution >= 4 is 0 Å². The Morgan fingerprint density at radius 2 is 1.55 bits per heavy atom. The molecule has 20 heavy (non-hydrogen) atoms.